The summed E-state index contributed by atoms with van der Waals surface area (Å²) in [5.74, 6) is 0.597. The number of aryl methyl sites for hydroxylation is 2. The van der Waals surface area contributed by atoms with Gasteiger partial charge in [-0.1, -0.05) is 37.3 Å². The maximum Gasteiger partial charge on any atom is 0.227 e. The van der Waals surface area contributed by atoms with Gasteiger partial charge in [-0.2, -0.15) is 0 Å². The number of benzene rings is 2. The van der Waals surface area contributed by atoms with Crippen molar-refractivity contribution in [3.05, 3.63) is 53.6 Å². The summed E-state index contributed by atoms with van der Waals surface area (Å²) in [5, 5.41) is 6.12. The number of amides is 2. The molecular formula is C24H30N2O3. The van der Waals surface area contributed by atoms with E-state index in [0.717, 1.165) is 36.1 Å². The molecule has 2 amide bonds. The van der Waals surface area contributed by atoms with Crippen molar-refractivity contribution in [1.82, 2.24) is 0 Å². The first kappa shape index (κ1) is 20.9. The van der Waals surface area contributed by atoms with Gasteiger partial charge in [0.05, 0.1) is 12.8 Å². The zero-order valence-corrected chi connectivity index (χ0v) is 17.5. The standard InChI is InChI=1S/C24H30N2O3/c1-4-17-9-7-8-16(2)22(17)26-24(28)19-14-12-18(13-15-19)23(27)25-20-10-5-6-11-21(20)29-3/h5-11,18-19H,4,12-15H2,1-3H3,(H,25,27)(H,26,28). The molecule has 2 aromatic rings. The van der Waals surface area contributed by atoms with Crippen molar-refractivity contribution in [2.24, 2.45) is 11.8 Å². The second kappa shape index (κ2) is 9.59. The molecule has 1 aliphatic rings. The first-order valence-electron chi connectivity index (χ1n) is 10.4. The molecule has 0 atom stereocenters. The molecule has 0 bridgehead atoms. The third-order valence-corrected chi connectivity index (χ3v) is 5.82. The monoisotopic (exact) mass is 394 g/mol. The summed E-state index contributed by atoms with van der Waals surface area (Å²) in [6.45, 7) is 4.11. The molecule has 0 heterocycles. The van der Waals surface area contributed by atoms with Crippen LogP contribution in [0.25, 0.3) is 0 Å². The van der Waals surface area contributed by atoms with E-state index in [2.05, 4.69) is 23.6 Å². The summed E-state index contributed by atoms with van der Waals surface area (Å²) < 4.78 is 5.30. The van der Waals surface area contributed by atoms with Gasteiger partial charge in [0.15, 0.2) is 0 Å². The van der Waals surface area contributed by atoms with Gasteiger partial charge in [0.1, 0.15) is 5.75 Å². The summed E-state index contributed by atoms with van der Waals surface area (Å²) in [5.41, 5.74) is 3.87. The lowest BCUT2D eigenvalue weighted by molar-refractivity contribution is -0.125. The summed E-state index contributed by atoms with van der Waals surface area (Å²) in [4.78, 5) is 25.5. The lowest BCUT2D eigenvalue weighted by Crippen LogP contribution is -2.32. The average molecular weight is 395 g/mol. The number of ether oxygens (including phenoxy) is 1. The molecule has 0 unspecified atom stereocenters. The van der Waals surface area contributed by atoms with Gasteiger partial charge < -0.3 is 15.4 Å². The fourth-order valence-electron chi connectivity index (χ4n) is 4.03. The highest BCUT2D eigenvalue weighted by atomic mass is 16.5. The Hall–Kier alpha value is -2.82. The SMILES string of the molecule is CCc1cccc(C)c1NC(=O)C1CCC(C(=O)Nc2ccccc2OC)CC1. The van der Waals surface area contributed by atoms with Crippen LogP contribution in [0.15, 0.2) is 42.5 Å². The molecule has 1 aliphatic carbocycles. The molecule has 5 heteroatoms. The molecule has 0 spiro atoms. The first-order chi connectivity index (χ1) is 14.0. The molecule has 1 saturated carbocycles. The lowest BCUT2D eigenvalue weighted by atomic mass is 9.81. The number of anilines is 2. The van der Waals surface area contributed by atoms with E-state index in [0.29, 0.717) is 24.3 Å². The smallest absolute Gasteiger partial charge is 0.227 e. The minimum absolute atomic E-state index is 0.000492. The van der Waals surface area contributed by atoms with Crippen LogP contribution >= 0.6 is 0 Å². The number of methoxy groups -OCH3 is 1. The van der Waals surface area contributed by atoms with E-state index >= 15 is 0 Å². The molecule has 2 aromatic carbocycles. The molecule has 0 saturated heterocycles. The summed E-state index contributed by atoms with van der Waals surface area (Å²) in [6.07, 6.45) is 3.76. The maximum atomic E-state index is 12.8. The highest BCUT2D eigenvalue weighted by Crippen LogP contribution is 2.32. The Bertz CT molecular complexity index is 870. The lowest BCUT2D eigenvalue weighted by Gasteiger charge is -2.27. The maximum absolute atomic E-state index is 12.8. The number of hydrogen-bond acceptors (Lipinski definition) is 3. The van der Waals surface area contributed by atoms with Crippen LogP contribution in [0, 0.1) is 18.8 Å². The first-order valence-corrected chi connectivity index (χ1v) is 10.4. The number of carbonyl (C=O) groups is 2. The highest BCUT2D eigenvalue weighted by Gasteiger charge is 2.30. The molecule has 1 fully saturated rings. The highest BCUT2D eigenvalue weighted by molar-refractivity contribution is 5.96. The minimum atomic E-state index is -0.0753. The number of para-hydroxylation sites is 3. The number of hydrogen-bond donors (Lipinski definition) is 2. The molecule has 2 N–H and O–H groups in total. The fraction of sp³-hybridized carbons (Fsp3) is 0.417. The molecule has 3 rings (SSSR count). The van der Waals surface area contributed by atoms with Crippen molar-refractivity contribution in [3.8, 4) is 5.75 Å². The quantitative estimate of drug-likeness (QED) is 0.728. The van der Waals surface area contributed by atoms with E-state index < -0.39 is 0 Å². The van der Waals surface area contributed by atoms with Crippen LogP contribution in [0.4, 0.5) is 11.4 Å². The molecule has 0 radical (unpaired) electrons. The normalized spacial score (nSPS) is 18.7. The Morgan fingerprint density at radius 3 is 2.17 bits per heavy atom. The van der Waals surface area contributed by atoms with Crippen LogP contribution in [-0.4, -0.2) is 18.9 Å². The van der Waals surface area contributed by atoms with Crippen molar-refractivity contribution < 1.29 is 14.3 Å². The van der Waals surface area contributed by atoms with Crippen molar-refractivity contribution >= 4 is 23.2 Å². The number of carbonyl (C=O) groups excluding carboxylic acids is 2. The topological polar surface area (TPSA) is 67.4 Å². The van der Waals surface area contributed by atoms with Gasteiger partial charge in [-0.15, -0.1) is 0 Å². The zero-order chi connectivity index (χ0) is 20.8. The van der Waals surface area contributed by atoms with Crippen molar-refractivity contribution in [3.63, 3.8) is 0 Å². The predicted molar refractivity (Wildman–Crippen MR) is 116 cm³/mol. The second-order valence-corrected chi connectivity index (χ2v) is 7.69. The largest absolute Gasteiger partial charge is 0.495 e. The van der Waals surface area contributed by atoms with E-state index in [-0.39, 0.29) is 23.7 Å². The third kappa shape index (κ3) is 4.97. The Labute approximate surface area is 172 Å². The molecule has 29 heavy (non-hydrogen) atoms. The Balaban J connectivity index is 1.56. The molecule has 5 nitrogen and oxygen atoms in total. The minimum Gasteiger partial charge on any atom is -0.495 e. The average Bonchev–Trinajstić information content (AvgIpc) is 2.75. The van der Waals surface area contributed by atoms with Crippen molar-refractivity contribution in [2.75, 3.05) is 17.7 Å². The molecular weight excluding hydrogens is 364 g/mol. The van der Waals surface area contributed by atoms with Gasteiger partial charge in [-0.3, -0.25) is 9.59 Å². The van der Waals surface area contributed by atoms with Gasteiger partial charge in [-0.05, 0) is 62.3 Å². The summed E-state index contributed by atoms with van der Waals surface area (Å²) in [7, 11) is 1.59. The summed E-state index contributed by atoms with van der Waals surface area (Å²) >= 11 is 0. The van der Waals surface area contributed by atoms with Crippen LogP contribution < -0.4 is 15.4 Å². The number of rotatable bonds is 6. The van der Waals surface area contributed by atoms with Crippen LogP contribution in [0.3, 0.4) is 0 Å². The van der Waals surface area contributed by atoms with Gasteiger partial charge in [-0.25, -0.2) is 0 Å². The van der Waals surface area contributed by atoms with Crippen LogP contribution in [0.1, 0.15) is 43.7 Å². The third-order valence-electron chi connectivity index (χ3n) is 5.82. The Morgan fingerprint density at radius 2 is 1.55 bits per heavy atom. The van der Waals surface area contributed by atoms with E-state index in [4.69, 9.17) is 4.74 Å². The number of nitrogens with one attached hydrogen (secondary N) is 2. The van der Waals surface area contributed by atoms with E-state index in [1.165, 1.54) is 0 Å². The zero-order valence-electron chi connectivity index (χ0n) is 17.5. The van der Waals surface area contributed by atoms with Crippen LogP contribution in [-0.2, 0) is 16.0 Å². The second-order valence-electron chi connectivity index (χ2n) is 7.69. The summed E-state index contributed by atoms with van der Waals surface area (Å²) in [6, 6.07) is 13.5. The van der Waals surface area contributed by atoms with E-state index in [9.17, 15) is 9.59 Å². The van der Waals surface area contributed by atoms with Crippen LogP contribution in [0.2, 0.25) is 0 Å². The van der Waals surface area contributed by atoms with Gasteiger partial charge in [0, 0.05) is 17.5 Å². The predicted octanol–water partition coefficient (Wildman–Crippen LogP) is 4.95. The van der Waals surface area contributed by atoms with Gasteiger partial charge in [0.2, 0.25) is 11.8 Å². The van der Waals surface area contributed by atoms with Gasteiger partial charge >= 0.3 is 0 Å². The van der Waals surface area contributed by atoms with Gasteiger partial charge in [0.25, 0.3) is 0 Å². The Kier molecular flexibility index (Phi) is 6.91. The van der Waals surface area contributed by atoms with Crippen LogP contribution in [0.5, 0.6) is 5.75 Å². The Morgan fingerprint density at radius 1 is 0.931 bits per heavy atom. The molecule has 0 aromatic heterocycles. The fourth-order valence-corrected chi connectivity index (χ4v) is 4.03. The van der Waals surface area contributed by atoms with E-state index in [1.807, 2.05) is 43.3 Å². The molecule has 154 valence electrons. The van der Waals surface area contributed by atoms with Crippen molar-refractivity contribution in [2.45, 2.75) is 46.0 Å². The van der Waals surface area contributed by atoms with Crippen molar-refractivity contribution in [1.29, 1.82) is 0 Å². The van der Waals surface area contributed by atoms with E-state index in [1.54, 1.807) is 7.11 Å². The molecule has 0 aliphatic heterocycles.